The third kappa shape index (κ3) is 9.09. The number of rotatable bonds is 12. The lowest BCUT2D eigenvalue weighted by molar-refractivity contribution is -0.139. The Kier molecular flexibility index (Phi) is 10.7. The largest absolute Gasteiger partial charge is 0.483 e. The first-order valence-electron chi connectivity index (χ1n) is 14.8. The molecular formula is C33H32N6O9S. The Balaban J connectivity index is 1.20. The molecule has 254 valence electrons. The Morgan fingerprint density at radius 2 is 1.43 bits per heavy atom. The first-order chi connectivity index (χ1) is 23.5. The van der Waals surface area contributed by atoms with Gasteiger partial charge in [0.15, 0.2) is 5.75 Å². The van der Waals surface area contributed by atoms with E-state index in [2.05, 4.69) is 5.32 Å². The second-order valence-electron chi connectivity index (χ2n) is 10.8. The zero-order valence-corrected chi connectivity index (χ0v) is 27.0. The maximum atomic E-state index is 13.5. The van der Waals surface area contributed by atoms with Gasteiger partial charge < -0.3 is 19.4 Å². The third-order valence-corrected chi connectivity index (χ3v) is 8.17. The van der Waals surface area contributed by atoms with E-state index in [0.717, 1.165) is 29.8 Å². The number of carbonyl (C=O) groups is 4. The molecule has 3 N–H and O–H groups in total. The molecule has 49 heavy (non-hydrogen) atoms. The van der Waals surface area contributed by atoms with E-state index in [0.29, 0.717) is 9.91 Å². The molecule has 1 fully saturated rings. The van der Waals surface area contributed by atoms with Crippen LogP contribution in [0.4, 0.5) is 9.59 Å². The predicted molar refractivity (Wildman–Crippen MR) is 175 cm³/mol. The van der Waals surface area contributed by atoms with E-state index in [1.165, 1.54) is 10.8 Å². The van der Waals surface area contributed by atoms with Crippen LogP contribution in [0.3, 0.4) is 0 Å². The van der Waals surface area contributed by atoms with Crippen molar-refractivity contribution in [3.05, 3.63) is 136 Å². The van der Waals surface area contributed by atoms with E-state index in [-0.39, 0.29) is 37.7 Å². The van der Waals surface area contributed by atoms with Crippen LogP contribution in [0.15, 0.2) is 108 Å². The molecule has 1 aliphatic rings. The third-order valence-electron chi connectivity index (χ3n) is 7.21. The molecule has 0 bridgehead atoms. The van der Waals surface area contributed by atoms with Gasteiger partial charge in [-0.2, -0.15) is 8.42 Å². The van der Waals surface area contributed by atoms with Gasteiger partial charge in [0.05, 0.1) is 12.7 Å². The van der Waals surface area contributed by atoms with Gasteiger partial charge in [-0.25, -0.2) is 14.3 Å². The van der Waals surface area contributed by atoms with Gasteiger partial charge in [0.2, 0.25) is 5.43 Å². The molecule has 1 saturated heterocycles. The molecule has 1 aliphatic heterocycles. The number of nitrogens with one attached hydrogen (secondary N) is 3. The molecule has 0 saturated carbocycles. The smallest absolute Gasteiger partial charge is 0.408 e. The van der Waals surface area contributed by atoms with E-state index < -0.39 is 45.6 Å². The van der Waals surface area contributed by atoms with Crippen molar-refractivity contribution in [2.75, 3.05) is 13.6 Å². The summed E-state index contributed by atoms with van der Waals surface area (Å²) in [4.78, 5) is 66.0. The fraction of sp³-hybridized carbons (Fsp3) is 0.182. The minimum atomic E-state index is -4.75. The van der Waals surface area contributed by atoms with Gasteiger partial charge in [0.25, 0.3) is 11.8 Å². The summed E-state index contributed by atoms with van der Waals surface area (Å²) < 4.78 is 39.5. The lowest BCUT2D eigenvalue weighted by atomic mass is 10.1. The summed E-state index contributed by atoms with van der Waals surface area (Å²) in [7, 11) is -3.67. The van der Waals surface area contributed by atoms with Crippen molar-refractivity contribution < 1.29 is 37.1 Å². The van der Waals surface area contributed by atoms with Crippen molar-refractivity contribution >= 4 is 34.1 Å². The Labute approximate surface area is 281 Å². The van der Waals surface area contributed by atoms with Crippen molar-refractivity contribution in [2.24, 2.45) is 0 Å². The molecular weight excluding hydrogens is 656 g/mol. The van der Waals surface area contributed by atoms with Gasteiger partial charge >= 0.3 is 22.3 Å². The second-order valence-corrected chi connectivity index (χ2v) is 12.2. The van der Waals surface area contributed by atoms with Crippen LogP contribution in [0.5, 0.6) is 5.75 Å². The number of urea groups is 1. The number of β-lactam (4-membered cyclic amide) rings is 1. The van der Waals surface area contributed by atoms with Crippen LogP contribution < -0.4 is 25.0 Å². The van der Waals surface area contributed by atoms with Gasteiger partial charge in [0, 0.05) is 19.7 Å². The monoisotopic (exact) mass is 688 g/mol. The Bertz CT molecular complexity index is 1990. The number of hydrogen-bond donors (Lipinski definition) is 3. The molecule has 0 spiro atoms. The number of aromatic nitrogens is 1. The fourth-order valence-corrected chi connectivity index (χ4v) is 5.53. The minimum absolute atomic E-state index is 0.0247. The molecule has 1 atom stereocenters. The van der Waals surface area contributed by atoms with E-state index in [9.17, 15) is 32.4 Å². The number of hydrogen-bond acceptors (Lipinski definition) is 9. The standard InChI is InChI=1S/C33H32N6O9S/c1-37(36-49(45,46)35-32(43)39-19-26(30(39)41)34-33(44)48-22-25-15-9-4-10-16-25)31(42)27-17-28(40)29(47-21-24-13-7-3-8-14-24)20-38(27)18-23-11-5-2-6-12-23/h2-17,20,26,36H,18-19,21-22H2,1H3,(H,34,44)(H,35,43)/t26-/m0/s1. The van der Waals surface area contributed by atoms with Crippen LogP contribution in [-0.4, -0.2) is 66.5 Å². The highest BCUT2D eigenvalue weighted by Crippen LogP contribution is 2.15. The molecule has 0 aliphatic carbocycles. The summed E-state index contributed by atoms with van der Waals surface area (Å²) in [5, 5.41) is 2.88. The number of carbonyl (C=O) groups excluding carboxylic acids is 4. The normalized spacial score (nSPS) is 13.9. The summed E-state index contributed by atoms with van der Waals surface area (Å²) in [6.45, 7) is -0.127. The lowest BCUT2D eigenvalue weighted by Gasteiger charge is -2.36. The molecule has 16 heteroatoms. The van der Waals surface area contributed by atoms with Gasteiger partial charge in [-0.1, -0.05) is 91.0 Å². The Morgan fingerprint density at radius 3 is 2.02 bits per heavy atom. The molecule has 5 amide bonds. The van der Waals surface area contributed by atoms with Crippen molar-refractivity contribution in [1.29, 1.82) is 0 Å². The molecule has 2 heterocycles. The van der Waals surface area contributed by atoms with Crippen LogP contribution in [0.1, 0.15) is 27.2 Å². The quantitative estimate of drug-likeness (QED) is 0.148. The van der Waals surface area contributed by atoms with Crippen molar-refractivity contribution in [1.82, 2.24) is 29.3 Å². The topological polar surface area (TPSA) is 185 Å². The first-order valence-corrected chi connectivity index (χ1v) is 16.3. The van der Waals surface area contributed by atoms with Gasteiger partial charge in [-0.3, -0.25) is 24.3 Å². The van der Waals surface area contributed by atoms with E-state index in [4.69, 9.17) is 9.47 Å². The molecule has 5 rings (SSSR count). The van der Waals surface area contributed by atoms with Gasteiger partial charge in [-0.15, -0.1) is 4.83 Å². The molecule has 15 nitrogen and oxygen atoms in total. The van der Waals surface area contributed by atoms with Gasteiger partial charge in [0.1, 0.15) is 24.9 Å². The first kappa shape index (κ1) is 34.3. The number of nitrogens with zero attached hydrogens (tertiary/aromatic N) is 3. The number of benzene rings is 3. The Hall–Kier alpha value is -6.00. The zero-order chi connectivity index (χ0) is 35.0. The summed E-state index contributed by atoms with van der Waals surface area (Å²) >= 11 is 0. The maximum Gasteiger partial charge on any atom is 0.408 e. The average Bonchev–Trinajstić information content (AvgIpc) is 3.09. The van der Waals surface area contributed by atoms with Crippen molar-refractivity contribution in [2.45, 2.75) is 25.8 Å². The highest BCUT2D eigenvalue weighted by Gasteiger charge is 2.43. The van der Waals surface area contributed by atoms with Crippen LogP contribution in [0.25, 0.3) is 0 Å². The van der Waals surface area contributed by atoms with Crippen molar-refractivity contribution in [3.63, 3.8) is 0 Å². The summed E-state index contributed by atoms with van der Waals surface area (Å²) in [6, 6.07) is 25.7. The van der Waals surface area contributed by atoms with Crippen LogP contribution in [-0.2, 0) is 39.5 Å². The number of ether oxygens (including phenoxy) is 2. The molecule has 4 aromatic rings. The summed E-state index contributed by atoms with van der Waals surface area (Å²) in [5.74, 6) is -1.82. The zero-order valence-electron chi connectivity index (χ0n) is 26.1. The fourth-order valence-electron chi connectivity index (χ4n) is 4.70. The maximum absolute atomic E-state index is 13.5. The van der Waals surface area contributed by atoms with E-state index >= 15 is 0 Å². The highest BCUT2D eigenvalue weighted by molar-refractivity contribution is 7.88. The predicted octanol–water partition coefficient (Wildman–Crippen LogP) is 2.14. The Morgan fingerprint density at radius 1 is 0.857 bits per heavy atom. The SMILES string of the molecule is CN(NS(=O)(=O)NC(=O)N1C[C@H](NC(=O)OCc2ccccc2)C1=O)C(=O)c1cc(=O)c(OCc2ccccc2)cn1Cc1ccccc1. The van der Waals surface area contributed by atoms with Crippen LogP contribution in [0, 0.1) is 0 Å². The summed E-state index contributed by atoms with van der Waals surface area (Å²) in [6.07, 6.45) is 0.478. The highest BCUT2D eigenvalue weighted by atomic mass is 32.2. The number of alkyl carbamates (subject to hydrolysis) is 1. The summed E-state index contributed by atoms with van der Waals surface area (Å²) in [5.41, 5.74) is 1.53. The molecule has 0 unspecified atom stereocenters. The number of imide groups is 1. The van der Waals surface area contributed by atoms with Crippen LogP contribution in [0.2, 0.25) is 0 Å². The van der Waals surface area contributed by atoms with E-state index in [1.807, 2.05) is 53.4 Å². The molecule has 3 aromatic carbocycles. The lowest BCUT2D eigenvalue weighted by Crippen LogP contribution is -2.68. The molecule has 1 aromatic heterocycles. The number of hydrazine groups is 1. The number of likely N-dealkylation sites (tertiary alicyclic amines) is 1. The number of amides is 5. The minimum Gasteiger partial charge on any atom is -0.483 e. The second kappa shape index (κ2) is 15.3. The van der Waals surface area contributed by atoms with Crippen LogP contribution >= 0.6 is 0 Å². The van der Waals surface area contributed by atoms with E-state index in [1.54, 1.807) is 47.2 Å². The average molecular weight is 689 g/mol. The van der Waals surface area contributed by atoms with Gasteiger partial charge in [-0.05, 0) is 16.7 Å². The van der Waals surface area contributed by atoms with Crippen molar-refractivity contribution in [3.8, 4) is 5.75 Å². The number of pyridine rings is 1. The molecule has 0 radical (unpaired) electrons.